The second kappa shape index (κ2) is 7.35. The minimum atomic E-state index is -0.485. The van der Waals surface area contributed by atoms with Crippen molar-refractivity contribution < 1.29 is 9.72 Å². The van der Waals surface area contributed by atoms with Gasteiger partial charge in [0.1, 0.15) is 12.0 Å². The number of rotatable bonds is 6. The molecule has 1 amide bonds. The van der Waals surface area contributed by atoms with Gasteiger partial charge in [0.15, 0.2) is 0 Å². The summed E-state index contributed by atoms with van der Waals surface area (Å²) in [6, 6.07) is 10.4. The van der Waals surface area contributed by atoms with Crippen LogP contribution in [0.3, 0.4) is 0 Å². The molecule has 2 aromatic rings. The van der Waals surface area contributed by atoms with Crippen LogP contribution in [0.2, 0.25) is 0 Å². The second-order valence-electron chi connectivity index (χ2n) is 5.35. The molecule has 1 aromatic heterocycles. The monoisotopic (exact) mass is 314 g/mol. The molecule has 2 rings (SSSR count). The number of carbonyl (C=O) groups excluding carboxylic acids is 1. The minimum Gasteiger partial charge on any atom is -0.366 e. The van der Waals surface area contributed by atoms with Gasteiger partial charge in [-0.3, -0.25) is 14.9 Å². The quantitative estimate of drug-likeness (QED) is 0.630. The van der Waals surface area contributed by atoms with E-state index in [0.29, 0.717) is 12.4 Å². The molecule has 0 unspecified atom stereocenters. The van der Waals surface area contributed by atoms with E-state index in [2.05, 4.69) is 15.6 Å². The molecule has 0 radical (unpaired) electrons. The number of amides is 1. The van der Waals surface area contributed by atoms with E-state index in [1.165, 1.54) is 12.3 Å². The summed E-state index contributed by atoms with van der Waals surface area (Å²) in [4.78, 5) is 25.7. The molecule has 1 heterocycles. The van der Waals surface area contributed by atoms with Gasteiger partial charge in [-0.05, 0) is 23.8 Å². The molecule has 23 heavy (non-hydrogen) atoms. The van der Waals surface area contributed by atoms with E-state index in [0.717, 1.165) is 11.3 Å². The van der Waals surface area contributed by atoms with Crippen molar-refractivity contribution >= 4 is 23.1 Å². The Labute approximate surface area is 133 Å². The smallest absolute Gasteiger partial charge is 0.287 e. The Morgan fingerprint density at radius 2 is 1.91 bits per heavy atom. The molecule has 0 spiro atoms. The average Bonchev–Trinajstić information content (AvgIpc) is 2.54. The number of nitro groups is 1. The lowest BCUT2D eigenvalue weighted by Gasteiger charge is -2.09. The molecule has 120 valence electrons. The second-order valence-corrected chi connectivity index (χ2v) is 5.35. The average molecular weight is 314 g/mol. The number of nitrogens with one attached hydrogen (secondary N) is 2. The summed E-state index contributed by atoms with van der Waals surface area (Å²) in [7, 11) is 0. The highest BCUT2D eigenvalue weighted by atomic mass is 16.6. The van der Waals surface area contributed by atoms with E-state index in [-0.39, 0.29) is 17.5 Å². The first-order chi connectivity index (χ1) is 11.0. The van der Waals surface area contributed by atoms with Crippen molar-refractivity contribution in [3.63, 3.8) is 0 Å². The number of nitrogens with zero attached hydrogens (tertiary/aromatic N) is 2. The van der Waals surface area contributed by atoms with Crippen molar-refractivity contribution in [2.24, 2.45) is 5.92 Å². The van der Waals surface area contributed by atoms with Crippen molar-refractivity contribution in [1.82, 2.24) is 4.98 Å². The van der Waals surface area contributed by atoms with Crippen LogP contribution in [0.4, 0.5) is 17.2 Å². The lowest BCUT2D eigenvalue weighted by molar-refractivity contribution is -0.385. The van der Waals surface area contributed by atoms with E-state index in [4.69, 9.17) is 0 Å². The third-order valence-electron chi connectivity index (χ3n) is 3.18. The predicted molar refractivity (Wildman–Crippen MR) is 88.1 cm³/mol. The fourth-order valence-electron chi connectivity index (χ4n) is 1.78. The Kier molecular flexibility index (Phi) is 5.24. The van der Waals surface area contributed by atoms with Gasteiger partial charge in [-0.15, -0.1) is 0 Å². The van der Waals surface area contributed by atoms with Crippen molar-refractivity contribution in [3.05, 3.63) is 58.3 Å². The maximum Gasteiger partial charge on any atom is 0.287 e. The number of carbonyl (C=O) groups is 1. The summed E-state index contributed by atoms with van der Waals surface area (Å²) in [6.45, 7) is 4.21. The lowest BCUT2D eigenvalue weighted by atomic mass is 10.1. The summed E-state index contributed by atoms with van der Waals surface area (Å²) >= 11 is 0. The van der Waals surface area contributed by atoms with Gasteiger partial charge in [-0.1, -0.05) is 26.0 Å². The molecule has 0 aliphatic carbocycles. The highest BCUT2D eigenvalue weighted by Gasteiger charge is 2.07. The van der Waals surface area contributed by atoms with Gasteiger partial charge in [0.05, 0.1) is 4.92 Å². The number of pyridine rings is 1. The predicted octanol–water partition coefficient (Wildman–Crippen LogP) is 3.20. The van der Waals surface area contributed by atoms with E-state index < -0.39 is 4.92 Å². The Morgan fingerprint density at radius 1 is 1.22 bits per heavy atom. The summed E-state index contributed by atoms with van der Waals surface area (Å²) in [5, 5.41) is 16.5. The van der Waals surface area contributed by atoms with Gasteiger partial charge < -0.3 is 10.6 Å². The maximum atomic E-state index is 11.6. The summed E-state index contributed by atoms with van der Waals surface area (Å²) in [5.74, 6) is 0.475. The zero-order chi connectivity index (χ0) is 16.8. The van der Waals surface area contributed by atoms with Crippen molar-refractivity contribution in [2.75, 3.05) is 10.6 Å². The number of benzene rings is 1. The van der Waals surface area contributed by atoms with Gasteiger partial charge in [0, 0.05) is 24.2 Å². The maximum absolute atomic E-state index is 11.6. The van der Waals surface area contributed by atoms with Crippen LogP contribution in [-0.2, 0) is 11.3 Å². The molecule has 0 aliphatic heterocycles. The number of hydrogen-bond acceptors (Lipinski definition) is 5. The largest absolute Gasteiger partial charge is 0.366 e. The summed E-state index contributed by atoms with van der Waals surface area (Å²) in [5.41, 5.74) is 1.72. The fraction of sp³-hybridized carbons (Fsp3) is 0.250. The molecular formula is C16H18N4O3. The molecule has 0 fully saturated rings. The summed E-state index contributed by atoms with van der Waals surface area (Å²) < 4.78 is 0. The van der Waals surface area contributed by atoms with Crippen LogP contribution in [0.15, 0.2) is 42.6 Å². The fourth-order valence-corrected chi connectivity index (χ4v) is 1.78. The topological polar surface area (TPSA) is 97.2 Å². The highest BCUT2D eigenvalue weighted by molar-refractivity contribution is 5.92. The van der Waals surface area contributed by atoms with Crippen molar-refractivity contribution in [3.8, 4) is 0 Å². The van der Waals surface area contributed by atoms with E-state index in [1.54, 1.807) is 6.07 Å². The van der Waals surface area contributed by atoms with Crippen LogP contribution in [0.25, 0.3) is 0 Å². The van der Waals surface area contributed by atoms with Gasteiger partial charge in [-0.25, -0.2) is 4.98 Å². The Bertz CT molecular complexity index is 681. The zero-order valence-electron chi connectivity index (χ0n) is 12.9. The number of hydrogen-bond donors (Lipinski definition) is 2. The SMILES string of the molecule is CC(C)C(=O)Nc1ccc(CNc2ccc([N+](=O)[O-])cn2)cc1. The number of aromatic nitrogens is 1. The first-order valence-corrected chi connectivity index (χ1v) is 7.20. The Hall–Kier alpha value is -2.96. The zero-order valence-corrected chi connectivity index (χ0v) is 12.9. The Morgan fingerprint density at radius 3 is 2.43 bits per heavy atom. The molecule has 0 atom stereocenters. The molecule has 0 aliphatic rings. The molecule has 7 heteroatoms. The molecule has 2 N–H and O–H groups in total. The highest BCUT2D eigenvalue weighted by Crippen LogP contribution is 2.14. The molecule has 0 bridgehead atoms. The third-order valence-corrected chi connectivity index (χ3v) is 3.18. The van der Waals surface area contributed by atoms with E-state index in [9.17, 15) is 14.9 Å². The van der Waals surface area contributed by atoms with Gasteiger partial charge in [0.25, 0.3) is 5.69 Å². The van der Waals surface area contributed by atoms with E-state index in [1.807, 2.05) is 38.1 Å². The first-order valence-electron chi connectivity index (χ1n) is 7.20. The molecule has 1 aromatic carbocycles. The van der Waals surface area contributed by atoms with Crippen LogP contribution >= 0.6 is 0 Å². The first kappa shape index (κ1) is 16.4. The van der Waals surface area contributed by atoms with Crippen LogP contribution < -0.4 is 10.6 Å². The van der Waals surface area contributed by atoms with Crippen LogP contribution in [0.1, 0.15) is 19.4 Å². The standard InChI is InChI=1S/C16H18N4O3/c1-11(2)16(21)19-13-5-3-12(4-6-13)9-17-15-8-7-14(10-18-15)20(22)23/h3-8,10-11H,9H2,1-2H3,(H,17,18)(H,19,21). The molecule has 0 saturated carbocycles. The van der Waals surface area contributed by atoms with E-state index >= 15 is 0 Å². The molecule has 0 saturated heterocycles. The Balaban J connectivity index is 1.91. The van der Waals surface area contributed by atoms with Crippen LogP contribution in [-0.4, -0.2) is 15.8 Å². The van der Waals surface area contributed by atoms with Crippen molar-refractivity contribution in [1.29, 1.82) is 0 Å². The van der Waals surface area contributed by atoms with Crippen LogP contribution in [0, 0.1) is 16.0 Å². The lowest BCUT2D eigenvalue weighted by Crippen LogP contribution is -2.17. The normalized spacial score (nSPS) is 10.4. The summed E-state index contributed by atoms with van der Waals surface area (Å²) in [6.07, 6.45) is 1.22. The molecule has 7 nitrogen and oxygen atoms in total. The molecular weight excluding hydrogens is 296 g/mol. The van der Waals surface area contributed by atoms with Crippen molar-refractivity contribution in [2.45, 2.75) is 20.4 Å². The van der Waals surface area contributed by atoms with Gasteiger partial charge >= 0.3 is 0 Å². The van der Waals surface area contributed by atoms with Crippen LogP contribution in [0.5, 0.6) is 0 Å². The third kappa shape index (κ3) is 4.77. The number of anilines is 2. The van der Waals surface area contributed by atoms with Gasteiger partial charge in [0.2, 0.25) is 5.91 Å². The minimum absolute atomic E-state index is 0.0223. The van der Waals surface area contributed by atoms with Gasteiger partial charge in [-0.2, -0.15) is 0 Å².